The molecule has 94 valence electrons. The summed E-state index contributed by atoms with van der Waals surface area (Å²) < 4.78 is 0. The quantitative estimate of drug-likeness (QED) is 0.804. The van der Waals surface area contributed by atoms with Crippen LogP contribution in [0.25, 0.3) is 0 Å². The van der Waals surface area contributed by atoms with E-state index in [1.165, 1.54) is 5.56 Å². The van der Waals surface area contributed by atoms with Gasteiger partial charge in [-0.25, -0.2) is 0 Å². The van der Waals surface area contributed by atoms with Crippen molar-refractivity contribution in [1.82, 2.24) is 5.32 Å². The molecule has 2 aromatic carbocycles. The summed E-state index contributed by atoms with van der Waals surface area (Å²) in [7, 11) is 0. The van der Waals surface area contributed by atoms with Gasteiger partial charge in [0.15, 0.2) is 0 Å². The Hall–Kier alpha value is -1.02. The van der Waals surface area contributed by atoms with Crippen molar-refractivity contribution in [2.75, 3.05) is 6.54 Å². The minimum Gasteiger partial charge on any atom is -0.312 e. The van der Waals surface area contributed by atoms with Gasteiger partial charge in [0.1, 0.15) is 0 Å². The topological polar surface area (TPSA) is 12.0 Å². The first-order valence-corrected chi connectivity index (χ1v) is 6.70. The summed E-state index contributed by atoms with van der Waals surface area (Å²) >= 11 is 12.2. The summed E-state index contributed by atoms with van der Waals surface area (Å²) in [6, 6.07) is 16.0. The molecule has 0 saturated heterocycles. The fraction of sp³-hybridized carbons (Fsp3) is 0.200. The molecule has 0 aliphatic heterocycles. The van der Waals surface area contributed by atoms with Gasteiger partial charge in [0.2, 0.25) is 0 Å². The van der Waals surface area contributed by atoms with Crippen LogP contribution in [0.5, 0.6) is 0 Å². The lowest BCUT2D eigenvalue weighted by atomic mass is 10.1. The summed E-state index contributed by atoms with van der Waals surface area (Å²) in [5, 5.41) is 4.80. The van der Waals surface area contributed by atoms with E-state index in [9.17, 15) is 0 Å². The minimum absolute atomic E-state index is 0.700. The molecule has 1 nitrogen and oxygen atoms in total. The van der Waals surface area contributed by atoms with Crippen LogP contribution in [-0.4, -0.2) is 6.54 Å². The van der Waals surface area contributed by atoms with Crippen molar-refractivity contribution in [3.63, 3.8) is 0 Å². The van der Waals surface area contributed by atoms with Crippen LogP contribution in [-0.2, 0) is 13.0 Å². The average Bonchev–Trinajstić information content (AvgIpc) is 2.38. The van der Waals surface area contributed by atoms with Crippen molar-refractivity contribution in [3.8, 4) is 0 Å². The predicted molar refractivity (Wildman–Crippen MR) is 78.3 cm³/mol. The Balaban J connectivity index is 1.82. The molecule has 18 heavy (non-hydrogen) atoms. The second-order valence-electron chi connectivity index (χ2n) is 4.11. The zero-order valence-corrected chi connectivity index (χ0v) is 11.5. The molecule has 3 heteroatoms. The maximum atomic E-state index is 6.10. The molecule has 0 spiro atoms. The molecule has 2 aromatic rings. The molecule has 0 saturated carbocycles. The van der Waals surface area contributed by atoms with Crippen LogP contribution in [0.1, 0.15) is 11.1 Å². The van der Waals surface area contributed by atoms with Crippen LogP contribution >= 0.6 is 23.2 Å². The molecule has 1 N–H and O–H groups in total. The van der Waals surface area contributed by atoms with Gasteiger partial charge in [0, 0.05) is 22.2 Å². The molecule has 0 bridgehead atoms. The standard InChI is InChI=1S/C15H15Cl2N/c16-14-7-4-8-15(17)13(14)11-18-10-9-12-5-2-1-3-6-12/h1-8,18H,9-11H2. The van der Waals surface area contributed by atoms with Gasteiger partial charge in [0.05, 0.1) is 0 Å². The Morgan fingerprint density at radius 3 is 2.17 bits per heavy atom. The van der Waals surface area contributed by atoms with Gasteiger partial charge in [-0.2, -0.15) is 0 Å². The number of rotatable bonds is 5. The Kier molecular flexibility index (Phi) is 5.06. The minimum atomic E-state index is 0.700. The van der Waals surface area contributed by atoms with Gasteiger partial charge in [-0.1, -0.05) is 59.6 Å². The van der Waals surface area contributed by atoms with Crippen LogP contribution in [0.15, 0.2) is 48.5 Å². The van der Waals surface area contributed by atoms with Crippen molar-refractivity contribution in [3.05, 3.63) is 69.7 Å². The summed E-state index contributed by atoms with van der Waals surface area (Å²) in [5.74, 6) is 0. The van der Waals surface area contributed by atoms with Gasteiger partial charge in [-0.15, -0.1) is 0 Å². The first kappa shape index (κ1) is 13.4. The second kappa shape index (κ2) is 6.79. The van der Waals surface area contributed by atoms with Crippen molar-refractivity contribution in [2.24, 2.45) is 0 Å². The van der Waals surface area contributed by atoms with E-state index in [1.54, 1.807) is 0 Å². The summed E-state index contributed by atoms with van der Waals surface area (Å²) in [4.78, 5) is 0. The van der Waals surface area contributed by atoms with Crippen LogP contribution in [0.3, 0.4) is 0 Å². The Bertz CT molecular complexity index is 477. The molecule has 0 atom stereocenters. The second-order valence-corrected chi connectivity index (χ2v) is 4.93. The maximum absolute atomic E-state index is 6.10. The van der Waals surface area contributed by atoms with Crippen LogP contribution in [0.2, 0.25) is 10.0 Å². The fourth-order valence-electron chi connectivity index (χ4n) is 1.79. The average molecular weight is 280 g/mol. The van der Waals surface area contributed by atoms with Gasteiger partial charge in [-0.3, -0.25) is 0 Å². The van der Waals surface area contributed by atoms with Crippen molar-refractivity contribution < 1.29 is 0 Å². The largest absolute Gasteiger partial charge is 0.312 e. The molecule has 0 aliphatic carbocycles. The smallest absolute Gasteiger partial charge is 0.0465 e. The third-order valence-corrected chi connectivity index (χ3v) is 3.50. The number of hydrogen-bond donors (Lipinski definition) is 1. The van der Waals surface area contributed by atoms with E-state index in [4.69, 9.17) is 23.2 Å². The van der Waals surface area contributed by atoms with Gasteiger partial charge in [0.25, 0.3) is 0 Å². The summed E-state index contributed by atoms with van der Waals surface area (Å²) in [6.07, 6.45) is 1.00. The highest BCUT2D eigenvalue weighted by Gasteiger charge is 2.04. The lowest BCUT2D eigenvalue weighted by Gasteiger charge is -2.08. The molecule has 0 amide bonds. The third kappa shape index (κ3) is 3.74. The molecule has 0 aromatic heterocycles. The molecular weight excluding hydrogens is 265 g/mol. The van der Waals surface area contributed by atoms with Crippen molar-refractivity contribution in [1.29, 1.82) is 0 Å². The predicted octanol–water partition coefficient (Wildman–Crippen LogP) is 4.33. The number of halogens is 2. The zero-order valence-electron chi connectivity index (χ0n) is 10.00. The highest BCUT2D eigenvalue weighted by Crippen LogP contribution is 2.23. The van der Waals surface area contributed by atoms with E-state index < -0.39 is 0 Å². The van der Waals surface area contributed by atoms with Crippen LogP contribution < -0.4 is 5.32 Å². The lowest BCUT2D eigenvalue weighted by molar-refractivity contribution is 0.687. The highest BCUT2D eigenvalue weighted by molar-refractivity contribution is 6.35. The van der Waals surface area contributed by atoms with Crippen molar-refractivity contribution in [2.45, 2.75) is 13.0 Å². The third-order valence-electron chi connectivity index (χ3n) is 2.80. The van der Waals surface area contributed by atoms with E-state index >= 15 is 0 Å². The number of benzene rings is 2. The van der Waals surface area contributed by atoms with E-state index in [0.717, 1.165) is 28.6 Å². The molecule has 0 radical (unpaired) electrons. The Labute approximate surface area is 118 Å². The lowest BCUT2D eigenvalue weighted by Crippen LogP contribution is -2.17. The Morgan fingerprint density at radius 1 is 0.833 bits per heavy atom. The molecule has 0 heterocycles. The fourth-order valence-corrected chi connectivity index (χ4v) is 2.32. The maximum Gasteiger partial charge on any atom is 0.0465 e. The van der Waals surface area contributed by atoms with Crippen molar-refractivity contribution >= 4 is 23.2 Å². The monoisotopic (exact) mass is 279 g/mol. The van der Waals surface area contributed by atoms with E-state index in [-0.39, 0.29) is 0 Å². The molecule has 0 fully saturated rings. The zero-order chi connectivity index (χ0) is 12.8. The number of hydrogen-bond acceptors (Lipinski definition) is 1. The first-order valence-electron chi connectivity index (χ1n) is 5.95. The van der Waals surface area contributed by atoms with E-state index in [2.05, 4.69) is 29.6 Å². The molecular formula is C15H15Cl2N. The first-order chi connectivity index (χ1) is 8.77. The van der Waals surface area contributed by atoms with Crippen LogP contribution in [0, 0.1) is 0 Å². The molecule has 0 unspecified atom stereocenters. The molecule has 2 rings (SSSR count). The SMILES string of the molecule is Clc1cccc(Cl)c1CNCCc1ccccc1. The van der Waals surface area contributed by atoms with E-state index in [1.807, 2.05) is 24.3 Å². The summed E-state index contributed by atoms with van der Waals surface area (Å²) in [6.45, 7) is 1.61. The van der Waals surface area contributed by atoms with Gasteiger partial charge in [-0.05, 0) is 30.7 Å². The van der Waals surface area contributed by atoms with Gasteiger partial charge < -0.3 is 5.32 Å². The van der Waals surface area contributed by atoms with Crippen LogP contribution in [0.4, 0.5) is 0 Å². The summed E-state index contributed by atoms with van der Waals surface area (Å²) in [5.41, 5.74) is 2.30. The Morgan fingerprint density at radius 2 is 1.50 bits per heavy atom. The number of nitrogens with one attached hydrogen (secondary N) is 1. The highest BCUT2D eigenvalue weighted by atomic mass is 35.5. The molecule has 0 aliphatic rings. The van der Waals surface area contributed by atoms with E-state index in [0.29, 0.717) is 6.54 Å². The normalized spacial score (nSPS) is 10.6. The van der Waals surface area contributed by atoms with Gasteiger partial charge >= 0.3 is 0 Å².